The fraction of sp³-hybridized carbons (Fsp3) is 0.417. The van der Waals surface area contributed by atoms with Gasteiger partial charge in [-0.3, -0.25) is 10.1 Å². The molecule has 9 nitrogen and oxygen atoms in total. The maximum Gasteiger partial charge on any atom is 0.253 e. The van der Waals surface area contributed by atoms with Crippen LogP contribution in [0.25, 0.3) is 5.95 Å². The summed E-state index contributed by atoms with van der Waals surface area (Å²) in [4.78, 5) is 24.3. The molecule has 0 aromatic carbocycles. The second kappa shape index (κ2) is 5.79. The highest BCUT2D eigenvalue weighted by atomic mass is 32.2. The third-order valence-electron chi connectivity index (χ3n) is 2.75. The van der Waals surface area contributed by atoms with Gasteiger partial charge in [-0.25, -0.2) is 18.4 Å². The minimum atomic E-state index is -3.30. The summed E-state index contributed by atoms with van der Waals surface area (Å²) in [6, 6.07) is 1.65. The van der Waals surface area contributed by atoms with Gasteiger partial charge < -0.3 is 0 Å². The summed E-state index contributed by atoms with van der Waals surface area (Å²) in [5.74, 6) is -0.390. The summed E-state index contributed by atoms with van der Waals surface area (Å²) in [7, 11) is -3.30. The maximum atomic E-state index is 12.3. The average Bonchev–Trinajstić information content (AvgIpc) is 2.85. The predicted molar refractivity (Wildman–Crippen MR) is 79.1 cm³/mol. The van der Waals surface area contributed by atoms with E-state index in [-0.39, 0.29) is 17.6 Å². The first kappa shape index (κ1) is 16.0. The van der Waals surface area contributed by atoms with Crippen LogP contribution in [0.2, 0.25) is 0 Å². The van der Waals surface area contributed by atoms with Gasteiger partial charge in [-0.05, 0) is 6.07 Å². The Morgan fingerprint density at radius 2 is 1.91 bits per heavy atom. The average molecular weight is 324 g/mol. The molecule has 22 heavy (non-hydrogen) atoms. The number of sulfone groups is 1. The number of hydrogen-bond donors (Lipinski definition) is 1. The molecule has 1 N–H and O–H groups in total. The van der Waals surface area contributed by atoms with Crippen molar-refractivity contribution in [1.29, 1.82) is 0 Å². The van der Waals surface area contributed by atoms with Crippen LogP contribution >= 0.6 is 0 Å². The minimum Gasteiger partial charge on any atom is -0.294 e. The van der Waals surface area contributed by atoms with E-state index in [1.807, 2.05) is 0 Å². The lowest BCUT2D eigenvalue weighted by molar-refractivity contribution is -0.123. The molecular weight excluding hydrogens is 308 g/mol. The second-order valence-electron chi connectivity index (χ2n) is 5.45. The number of nitrogens with zero attached hydrogens (tertiary/aromatic N) is 5. The lowest BCUT2D eigenvalue weighted by atomic mass is 9.95. The predicted octanol–water partition coefficient (Wildman–Crippen LogP) is 0.0666. The lowest BCUT2D eigenvalue weighted by Crippen LogP contribution is -2.37. The molecule has 0 radical (unpaired) electrons. The molecule has 0 aliphatic rings. The third-order valence-corrected chi connectivity index (χ3v) is 4.00. The summed E-state index contributed by atoms with van der Waals surface area (Å²) in [6.45, 7) is 3.09. The number of nitrogens with one attached hydrogen (secondary N) is 1. The Labute approximate surface area is 127 Å². The molecule has 0 saturated carbocycles. The highest BCUT2D eigenvalue weighted by molar-refractivity contribution is 7.90. The van der Waals surface area contributed by atoms with Crippen molar-refractivity contribution in [1.82, 2.24) is 24.7 Å². The zero-order valence-corrected chi connectivity index (χ0v) is 13.2. The molecule has 2 aromatic rings. The van der Waals surface area contributed by atoms with Crippen LogP contribution in [0.1, 0.15) is 13.8 Å². The van der Waals surface area contributed by atoms with Crippen LogP contribution in [-0.4, -0.2) is 51.1 Å². The Kier molecular flexibility index (Phi) is 4.22. The fourth-order valence-electron chi connectivity index (χ4n) is 1.87. The summed E-state index contributed by atoms with van der Waals surface area (Å²) in [5, 5.41) is 6.50. The summed E-state index contributed by atoms with van der Waals surface area (Å²) in [6.07, 6.45) is 5.39. The van der Waals surface area contributed by atoms with Crippen LogP contribution in [0.5, 0.6) is 0 Å². The number of anilines is 1. The van der Waals surface area contributed by atoms with E-state index in [1.54, 1.807) is 19.9 Å². The topological polar surface area (TPSA) is 120 Å². The van der Waals surface area contributed by atoms with Crippen LogP contribution < -0.4 is 5.32 Å². The number of carbonyl (C=O) groups is 1. The Morgan fingerprint density at radius 3 is 2.50 bits per heavy atom. The highest BCUT2D eigenvalue weighted by Crippen LogP contribution is 2.20. The smallest absolute Gasteiger partial charge is 0.253 e. The SMILES string of the molecule is CC(C)(CS(C)(=O)=O)C(=O)Nc1ncnn1-c1ncccn1. The molecule has 0 atom stereocenters. The van der Waals surface area contributed by atoms with Crippen molar-refractivity contribution < 1.29 is 13.2 Å². The first-order valence-electron chi connectivity index (χ1n) is 6.36. The van der Waals surface area contributed by atoms with E-state index in [1.165, 1.54) is 23.4 Å². The van der Waals surface area contributed by atoms with Gasteiger partial charge >= 0.3 is 0 Å². The normalized spacial score (nSPS) is 12.1. The Morgan fingerprint density at radius 1 is 1.27 bits per heavy atom. The fourth-order valence-corrected chi connectivity index (χ4v) is 3.31. The molecular formula is C12H16N6O3S. The number of hydrogen-bond acceptors (Lipinski definition) is 7. The van der Waals surface area contributed by atoms with Gasteiger partial charge in [0.1, 0.15) is 16.2 Å². The van der Waals surface area contributed by atoms with Crippen molar-refractivity contribution in [2.24, 2.45) is 5.41 Å². The molecule has 0 saturated heterocycles. The van der Waals surface area contributed by atoms with Crippen molar-refractivity contribution >= 4 is 21.7 Å². The van der Waals surface area contributed by atoms with Crippen molar-refractivity contribution in [3.8, 4) is 5.95 Å². The van der Waals surface area contributed by atoms with Crippen molar-refractivity contribution in [3.05, 3.63) is 24.8 Å². The standard InChI is InChI=1S/C12H16N6O3S/c1-12(2,7-22(3,20)21)9(19)17-11-15-8-16-18(11)10-13-5-4-6-14-10/h4-6,8H,7H2,1-3H3,(H,15,16,17,19). The first-order valence-corrected chi connectivity index (χ1v) is 8.42. The maximum absolute atomic E-state index is 12.3. The van der Waals surface area contributed by atoms with Gasteiger partial charge in [0.15, 0.2) is 0 Å². The molecule has 2 rings (SSSR count). The molecule has 0 fully saturated rings. The summed E-state index contributed by atoms with van der Waals surface area (Å²) >= 11 is 0. The van der Waals surface area contributed by atoms with E-state index >= 15 is 0 Å². The molecule has 0 unspecified atom stereocenters. The van der Waals surface area contributed by atoms with E-state index in [0.29, 0.717) is 0 Å². The zero-order valence-electron chi connectivity index (χ0n) is 12.4. The van der Waals surface area contributed by atoms with Crippen molar-refractivity contribution in [2.45, 2.75) is 13.8 Å². The first-order chi connectivity index (χ1) is 10.2. The van der Waals surface area contributed by atoms with Crippen molar-refractivity contribution in [2.75, 3.05) is 17.3 Å². The Hall–Kier alpha value is -2.36. The van der Waals surface area contributed by atoms with Gasteiger partial charge in [0.25, 0.3) is 5.95 Å². The van der Waals surface area contributed by atoms with Gasteiger partial charge in [-0.1, -0.05) is 13.8 Å². The number of carbonyl (C=O) groups excluding carboxylic acids is 1. The second-order valence-corrected chi connectivity index (χ2v) is 7.59. The molecule has 0 bridgehead atoms. The minimum absolute atomic E-state index is 0.123. The summed E-state index contributed by atoms with van der Waals surface area (Å²) < 4.78 is 24.1. The molecule has 0 spiro atoms. The van der Waals surface area contributed by atoms with Crippen LogP contribution in [0.4, 0.5) is 5.95 Å². The molecule has 2 aromatic heterocycles. The van der Waals surface area contributed by atoms with Gasteiger partial charge in [0.05, 0.1) is 11.2 Å². The van der Waals surface area contributed by atoms with Gasteiger partial charge in [-0.2, -0.15) is 14.8 Å². The van der Waals surface area contributed by atoms with Crippen LogP contribution in [-0.2, 0) is 14.6 Å². The summed E-state index contributed by atoms with van der Waals surface area (Å²) in [5.41, 5.74) is -1.11. The van der Waals surface area contributed by atoms with E-state index < -0.39 is 21.2 Å². The van der Waals surface area contributed by atoms with Gasteiger partial charge in [0.2, 0.25) is 11.9 Å². The molecule has 0 aliphatic carbocycles. The quantitative estimate of drug-likeness (QED) is 0.826. The third kappa shape index (κ3) is 3.85. The molecule has 1 amide bonds. The number of aromatic nitrogens is 5. The number of rotatable bonds is 5. The van der Waals surface area contributed by atoms with Gasteiger partial charge in [0, 0.05) is 18.6 Å². The van der Waals surface area contributed by atoms with E-state index in [2.05, 4.69) is 25.4 Å². The van der Waals surface area contributed by atoms with Gasteiger partial charge in [-0.15, -0.1) is 0 Å². The highest BCUT2D eigenvalue weighted by Gasteiger charge is 2.32. The van der Waals surface area contributed by atoms with Crippen LogP contribution in [0, 0.1) is 5.41 Å². The molecule has 118 valence electrons. The Bertz CT molecular complexity index is 769. The molecule has 0 aliphatic heterocycles. The Balaban J connectivity index is 2.22. The van der Waals surface area contributed by atoms with Crippen LogP contribution in [0.15, 0.2) is 24.8 Å². The molecule has 10 heteroatoms. The van der Waals surface area contributed by atoms with Crippen LogP contribution in [0.3, 0.4) is 0 Å². The van der Waals surface area contributed by atoms with E-state index in [9.17, 15) is 13.2 Å². The monoisotopic (exact) mass is 324 g/mol. The molecule has 2 heterocycles. The van der Waals surface area contributed by atoms with E-state index in [0.717, 1.165) is 6.26 Å². The lowest BCUT2D eigenvalue weighted by Gasteiger charge is -2.21. The largest absolute Gasteiger partial charge is 0.294 e. The van der Waals surface area contributed by atoms with Crippen molar-refractivity contribution in [3.63, 3.8) is 0 Å². The van der Waals surface area contributed by atoms with E-state index in [4.69, 9.17) is 0 Å². The number of amides is 1. The zero-order chi connectivity index (χ0) is 16.4.